The molecule has 0 amide bonds. The highest BCUT2D eigenvalue weighted by Crippen LogP contribution is 2.46. The first-order chi connectivity index (χ1) is 15.1. The second kappa shape index (κ2) is 11.7. The maximum Gasteiger partial charge on any atom is 0.200 e. The zero-order chi connectivity index (χ0) is 22.2. The first-order valence-electron chi connectivity index (χ1n) is 12.2. The summed E-state index contributed by atoms with van der Waals surface area (Å²) in [6.45, 7) is 9.03. The maximum atomic E-state index is 13.1. The molecule has 1 unspecified atom stereocenters. The minimum atomic E-state index is 0.185. The van der Waals surface area contributed by atoms with E-state index in [0.717, 1.165) is 16.0 Å². The summed E-state index contributed by atoms with van der Waals surface area (Å²) in [4.78, 5) is 15.2. The van der Waals surface area contributed by atoms with Gasteiger partial charge in [0.05, 0.1) is 4.91 Å². The van der Waals surface area contributed by atoms with Crippen molar-refractivity contribution in [1.29, 1.82) is 0 Å². The van der Waals surface area contributed by atoms with Gasteiger partial charge in [-0.1, -0.05) is 101 Å². The fraction of sp³-hybridized carbons (Fsp3) is 0.483. The van der Waals surface area contributed by atoms with E-state index in [1.165, 1.54) is 79.4 Å². The maximum absolute atomic E-state index is 13.1. The summed E-state index contributed by atoms with van der Waals surface area (Å²) in [5.41, 5.74) is 6.15. The number of ketones is 1. The SMILES string of the molecule is CCCCCCCCC(CCC)c1c(C)cc2c(c1C)SC(=Cc1ccccc1)C2=O. The van der Waals surface area contributed by atoms with Gasteiger partial charge in [-0.05, 0) is 67.0 Å². The summed E-state index contributed by atoms with van der Waals surface area (Å²) in [5.74, 6) is 0.795. The molecular weight excluding hydrogens is 396 g/mol. The van der Waals surface area contributed by atoms with Gasteiger partial charge in [0.2, 0.25) is 5.78 Å². The Morgan fingerprint density at radius 2 is 1.61 bits per heavy atom. The topological polar surface area (TPSA) is 17.1 Å². The van der Waals surface area contributed by atoms with E-state index < -0.39 is 0 Å². The quantitative estimate of drug-likeness (QED) is 0.259. The van der Waals surface area contributed by atoms with E-state index >= 15 is 0 Å². The lowest BCUT2D eigenvalue weighted by molar-refractivity contribution is 0.104. The number of unbranched alkanes of at least 4 members (excludes halogenated alkanes) is 5. The van der Waals surface area contributed by atoms with Crippen LogP contribution in [-0.4, -0.2) is 5.78 Å². The third kappa shape index (κ3) is 5.92. The molecule has 1 atom stereocenters. The third-order valence-corrected chi connectivity index (χ3v) is 7.76. The molecule has 2 heteroatoms. The van der Waals surface area contributed by atoms with Gasteiger partial charge in [0.15, 0.2) is 0 Å². The summed E-state index contributed by atoms with van der Waals surface area (Å²) in [7, 11) is 0. The molecule has 1 nitrogen and oxygen atoms in total. The van der Waals surface area contributed by atoms with Gasteiger partial charge in [0, 0.05) is 10.5 Å². The minimum Gasteiger partial charge on any atom is -0.288 e. The molecule has 0 spiro atoms. The van der Waals surface area contributed by atoms with Gasteiger partial charge >= 0.3 is 0 Å². The Morgan fingerprint density at radius 1 is 0.903 bits per heavy atom. The van der Waals surface area contributed by atoms with E-state index in [0.29, 0.717) is 5.92 Å². The number of allylic oxidation sites excluding steroid dienone is 1. The van der Waals surface area contributed by atoms with Gasteiger partial charge in [-0.3, -0.25) is 4.79 Å². The standard InChI is InChI=1S/C29H38OS/c1-5-7-8-9-10-14-18-24(15-6-2)27-21(3)19-25-28(30)26(31-29(25)22(27)4)20-23-16-12-11-13-17-23/h11-13,16-17,19-20,24H,5-10,14-15,18H2,1-4H3. The minimum absolute atomic E-state index is 0.185. The molecule has 0 N–H and O–H groups in total. The number of carbonyl (C=O) groups is 1. The average molecular weight is 435 g/mol. The van der Waals surface area contributed by atoms with E-state index in [4.69, 9.17) is 0 Å². The molecule has 31 heavy (non-hydrogen) atoms. The van der Waals surface area contributed by atoms with Gasteiger partial charge in [0.25, 0.3) is 0 Å². The van der Waals surface area contributed by atoms with Crippen LogP contribution < -0.4 is 0 Å². The van der Waals surface area contributed by atoms with Crippen molar-refractivity contribution < 1.29 is 4.79 Å². The first kappa shape index (κ1) is 23.9. The lowest BCUT2D eigenvalue weighted by atomic mass is 9.83. The van der Waals surface area contributed by atoms with E-state index in [9.17, 15) is 4.79 Å². The number of hydrogen-bond donors (Lipinski definition) is 0. The summed E-state index contributed by atoms with van der Waals surface area (Å²) < 4.78 is 0. The number of Topliss-reactive ketones (excluding diaryl/α,β-unsaturated/α-hetero) is 1. The predicted octanol–water partition coefficient (Wildman–Crippen LogP) is 9.27. The van der Waals surface area contributed by atoms with E-state index in [1.54, 1.807) is 11.8 Å². The molecule has 0 aliphatic carbocycles. The molecule has 0 saturated heterocycles. The van der Waals surface area contributed by atoms with Crippen molar-refractivity contribution in [2.45, 2.75) is 96.3 Å². The van der Waals surface area contributed by atoms with Crippen LogP contribution in [0.1, 0.15) is 110 Å². The van der Waals surface area contributed by atoms with Crippen LogP contribution in [0.25, 0.3) is 6.08 Å². The Hall–Kier alpha value is -1.80. The molecule has 0 fully saturated rings. The molecular formula is C29H38OS. The number of carbonyl (C=O) groups excluding carboxylic acids is 1. The molecule has 1 aliphatic rings. The highest BCUT2D eigenvalue weighted by Gasteiger charge is 2.30. The smallest absolute Gasteiger partial charge is 0.200 e. The van der Waals surface area contributed by atoms with Crippen molar-refractivity contribution >= 4 is 23.6 Å². The highest BCUT2D eigenvalue weighted by atomic mass is 32.2. The van der Waals surface area contributed by atoms with Gasteiger partial charge in [-0.2, -0.15) is 0 Å². The van der Waals surface area contributed by atoms with Crippen LogP contribution in [0.15, 0.2) is 46.2 Å². The van der Waals surface area contributed by atoms with Gasteiger partial charge in [0.1, 0.15) is 0 Å². The number of fused-ring (bicyclic) bond motifs is 1. The van der Waals surface area contributed by atoms with E-state index in [1.807, 2.05) is 24.3 Å². The number of rotatable bonds is 11. The summed E-state index contributed by atoms with van der Waals surface area (Å²) >= 11 is 1.67. The molecule has 2 aromatic carbocycles. The average Bonchev–Trinajstić information content (AvgIpc) is 3.07. The monoisotopic (exact) mass is 434 g/mol. The summed E-state index contributed by atoms with van der Waals surface area (Å²) in [6, 6.07) is 12.3. The molecule has 0 saturated carbocycles. The van der Waals surface area contributed by atoms with Crippen molar-refractivity contribution in [2.24, 2.45) is 0 Å². The van der Waals surface area contributed by atoms with Crippen LogP contribution >= 0.6 is 11.8 Å². The first-order valence-corrected chi connectivity index (χ1v) is 13.0. The molecule has 3 rings (SSSR count). The van der Waals surface area contributed by atoms with Crippen molar-refractivity contribution in [2.75, 3.05) is 0 Å². The Balaban J connectivity index is 1.81. The van der Waals surface area contributed by atoms with Crippen LogP contribution in [0.3, 0.4) is 0 Å². The lowest BCUT2D eigenvalue weighted by Crippen LogP contribution is -2.07. The van der Waals surface area contributed by atoms with Crippen molar-refractivity contribution in [3.8, 4) is 0 Å². The van der Waals surface area contributed by atoms with Crippen LogP contribution in [0.5, 0.6) is 0 Å². The Labute approximate surface area is 193 Å². The van der Waals surface area contributed by atoms with E-state index in [2.05, 4.69) is 45.9 Å². The van der Waals surface area contributed by atoms with Crippen LogP contribution in [0, 0.1) is 13.8 Å². The number of hydrogen-bond acceptors (Lipinski definition) is 2. The molecule has 0 aromatic heterocycles. The van der Waals surface area contributed by atoms with Crippen LogP contribution in [0.4, 0.5) is 0 Å². The fourth-order valence-corrected chi connectivity index (χ4v) is 6.09. The third-order valence-electron chi connectivity index (χ3n) is 6.50. The van der Waals surface area contributed by atoms with Crippen molar-refractivity contribution in [1.82, 2.24) is 0 Å². The number of thioether (sulfide) groups is 1. The Bertz CT molecular complexity index is 910. The molecule has 0 bridgehead atoms. The molecule has 1 aliphatic heterocycles. The van der Waals surface area contributed by atoms with Crippen molar-refractivity contribution in [3.63, 3.8) is 0 Å². The zero-order valence-electron chi connectivity index (χ0n) is 19.8. The van der Waals surface area contributed by atoms with Crippen LogP contribution in [-0.2, 0) is 0 Å². The normalized spacial score (nSPS) is 15.5. The predicted molar refractivity (Wildman–Crippen MR) is 136 cm³/mol. The fourth-order valence-electron chi connectivity index (χ4n) is 4.95. The Kier molecular flexibility index (Phi) is 9.02. The molecule has 166 valence electrons. The summed E-state index contributed by atoms with van der Waals surface area (Å²) in [5, 5.41) is 0. The number of aryl methyl sites for hydroxylation is 1. The van der Waals surface area contributed by atoms with Gasteiger partial charge in [-0.25, -0.2) is 0 Å². The zero-order valence-corrected chi connectivity index (χ0v) is 20.6. The lowest BCUT2D eigenvalue weighted by Gasteiger charge is -2.23. The van der Waals surface area contributed by atoms with Gasteiger partial charge < -0.3 is 0 Å². The highest BCUT2D eigenvalue weighted by molar-refractivity contribution is 8.05. The summed E-state index contributed by atoms with van der Waals surface area (Å²) in [6.07, 6.45) is 13.8. The van der Waals surface area contributed by atoms with Crippen molar-refractivity contribution in [3.05, 3.63) is 69.1 Å². The Morgan fingerprint density at radius 3 is 2.32 bits per heavy atom. The second-order valence-corrected chi connectivity index (χ2v) is 10.1. The van der Waals surface area contributed by atoms with Gasteiger partial charge in [-0.15, -0.1) is 0 Å². The molecule has 1 heterocycles. The second-order valence-electron chi connectivity index (χ2n) is 9.00. The van der Waals surface area contributed by atoms with Crippen LogP contribution in [0.2, 0.25) is 0 Å². The largest absolute Gasteiger partial charge is 0.288 e. The molecule has 0 radical (unpaired) electrons. The molecule has 2 aromatic rings. The van der Waals surface area contributed by atoms with E-state index in [-0.39, 0.29) is 5.78 Å². The number of benzene rings is 2.